The number of amides is 1. The Hall–Kier alpha value is -0.720. The number of hydrogen-bond donors (Lipinski definition) is 1. The van der Waals surface area contributed by atoms with Crippen LogP contribution in [0.5, 0.6) is 0 Å². The number of hydrogen-bond acceptors (Lipinski definition) is 5. The molecule has 1 unspecified atom stereocenters. The summed E-state index contributed by atoms with van der Waals surface area (Å²) in [5, 5.41) is 3.91. The summed E-state index contributed by atoms with van der Waals surface area (Å²) in [6, 6.07) is 5.83. The molecule has 1 rings (SSSR count). The quantitative estimate of drug-likeness (QED) is 0.497. The maximum atomic E-state index is 11.7. The summed E-state index contributed by atoms with van der Waals surface area (Å²) in [5.41, 5.74) is 0. The number of carbonyl (C=O) groups excluding carboxylic acids is 1. The third-order valence-corrected chi connectivity index (χ3v) is 4.94. The highest BCUT2D eigenvalue weighted by Crippen LogP contribution is 2.29. The van der Waals surface area contributed by atoms with E-state index in [1.54, 1.807) is 27.8 Å². The van der Waals surface area contributed by atoms with Crippen LogP contribution in [0.1, 0.15) is 33.1 Å². The van der Waals surface area contributed by atoms with Crippen LogP contribution in [0, 0.1) is 0 Å². The van der Waals surface area contributed by atoms with E-state index in [9.17, 15) is 4.79 Å². The first-order valence-electron chi connectivity index (χ1n) is 7.31. The zero-order valence-corrected chi connectivity index (χ0v) is 14.3. The van der Waals surface area contributed by atoms with E-state index in [2.05, 4.69) is 17.2 Å². The first kappa shape index (κ1) is 18.3. The van der Waals surface area contributed by atoms with Crippen molar-refractivity contribution in [1.29, 1.82) is 0 Å². The molecule has 0 aromatic carbocycles. The van der Waals surface area contributed by atoms with Gasteiger partial charge in [0.1, 0.15) is 5.03 Å². The number of rotatable bonds is 11. The van der Waals surface area contributed by atoms with Crippen LogP contribution in [0.4, 0.5) is 0 Å². The van der Waals surface area contributed by atoms with Crippen molar-refractivity contribution < 1.29 is 9.53 Å². The van der Waals surface area contributed by atoms with Gasteiger partial charge in [-0.15, -0.1) is 0 Å². The molecular formula is C15H24N2O2S2. The number of carbonyl (C=O) groups is 1. The molecule has 0 bridgehead atoms. The van der Waals surface area contributed by atoms with Gasteiger partial charge in [0, 0.05) is 31.5 Å². The number of nitrogens with one attached hydrogen (secondary N) is 1. The van der Waals surface area contributed by atoms with Crippen LogP contribution in [0.3, 0.4) is 0 Å². The molecule has 0 saturated carbocycles. The Bertz CT molecular complexity index is 391. The van der Waals surface area contributed by atoms with Crippen molar-refractivity contribution >= 4 is 27.5 Å². The Balaban J connectivity index is 1.99. The number of aromatic nitrogens is 1. The zero-order valence-electron chi connectivity index (χ0n) is 12.7. The molecule has 0 aliphatic carbocycles. The highest BCUT2D eigenvalue weighted by molar-refractivity contribution is 8.76. The highest BCUT2D eigenvalue weighted by atomic mass is 33.1. The normalized spacial score (nSPS) is 12.1. The molecule has 0 fully saturated rings. The van der Waals surface area contributed by atoms with Crippen LogP contribution in [-0.4, -0.2) is 35.9 Å². The summed E-state index contributed by atoms with van der Waals surface area (Å²) in [6.07, 6.45) is 4.41. The molecule has 1 N–H and O–H groups in total. The first-order chi connectivity index (χ1) is 10.2. The summed E-state index contributed by atoms with van der Waals surface area (Å²) in [5.74, 6) is 0.890. The first-order valence-corrected chi connectivity index (χ1v) is 9.63. The molecule has 0 saturated heterocycles. The second-order valence-corrected chi connectivity index (χ2v) is 7.08. The molecule has 1 heterocycles. The van der Waals surface area contributed by atoms with Gasteiger partial charge in [-0.25, -0.2) is 4.98 Å². The average molecular weight is 329 g/mol. The van der Waals surface area contributed by atoms with Crippen LogP contribution in [0.25, 0.3) is 0 Å². The molecule has 1 aromatic heterocycles. The molecule has 0 aliphatic rings. The smallest absolute Gasteiger partial charge is 0.220 e. The van der Waals surface area contributed by atoms with Crippen LogP contribution in [-0.2, 0) is 9.53 Å². The van der Waals surface area contributed by atoms with E-state index in [1.165, 1.54) is 0 Å². The average Bonchev–Trinajstić information content (AvgIpc) is 2.50. The van der Waals surface area contributed by atoms with Gasteiger partial charge in [-0.1, -0.05) is 23.8 Å². The van der Waals surface area contributed by atoms with E-state index in [0.717, 1.165) is 30.2 Å². The largest absolute Gasteiger partial charge is 0.378 e. The fourth-order valence-corrected chi connectivity index (χ4v) is 3.41. The second kappa shape index (κ2) is 11.9. The minimum absolute atomic E-state index is 0.104. The number of ether oxygens (including phenoxy) is 1. The highest BCUT2D eigenvalue weighted by Gasteiger charge is 2.05. The lowest BCUT2D eigenvalue weighted by atomic mass is 10.3. The topological polar surface area (TPSA) is 51.2 Å². The molecule has 0 aliphatic heterocycles. The lowest BCUT2D eigenvalue weighted by molar-refractivity contribution is -0.120. The summed E-state index contributed by atoms with van der Waals surface area (Å²) < 4.78 is 5.55. The Morgan fingerprint density at radius 3 is 3.05 bits per heavy atom. The van der Waals surface area contributed by atoms with Crippen LogP contribution in [0.15, 0.2) is 29.4 Å². The predicted octanol–water partition coefficient (Wildman–Crippen LogP) is 3.53. The van der Waals surface area contributed by atoms with E-state index in [0.29, 0.717) is 13.0 Å². The number of nitrogens with zero attached hydrogens (tertiary/aromatic N) is 1. The van der Waals surface area contributed by atoms with Gasteiger partial charge in [-0.2, -0.15) is 0 Å². The minimum atomic E-state index is 0.104. The predicted molar refractivity (Wildman–Crippen MR) is 90.5 cm³/mol. The summed E-state index contributed by atoms with van der Waals surface area (Å²) >= 11 is 0. The summed E-state index contributed by atoms with van der Waals surface area (Å²) in [7, 11) is 3.26. The third-order valence-electron chi connectivity index (χ3n) is 2.67. The Morgan fingerprint density at radius 1 is 1.48 bits per heavy atom. The van der Waals surface area contributed by atoms with E-state index in [4.69, 9.17) is 4.74 Å². The maximum absolute atomic E-state index is 11.7. The summed E-state index contributed by atoms with van der Waals surface area (Å²) in [6.45, 7) is 5.61. The third kappa shape index (κ3) is 9.77. The fourth-order valence-electron chi connectivity index (χ4n) is 1.54. The molecule has 0 spiro atoms. The van der Waals surface area contributed by atoms with Crippen molar-refractivity contribution in [3.05, 3.63) is 24.4 Å². The number of pyridine rings is 1. The lowest BCUT2D eigenvalue weighted by Gasteiger charge is -2.12. The van der Waals surface area contributed by atoms with Gasteiger partial charge >= 0.3 is 0 Å². The molecular weight excluding hydrogens is 304 g/mol. The lowest BCUT2D eigenvalue weighted by Crippen LogP contribution is -2.27. The fraction of sp³-hybridized carbons (Fsp3) is 0.600. The van der Waals surface area contributed by atoms with Gasteiger partial charge in [-0.05, 0) is 42.7 Å². The van der Waals surface area contributed by atoms with Crippen molar-refractivity contribution in [3.8, 4) is 0 Å². The van der Waals surface area contributed by atoms with Crippen molar-refractivity contribution in [3.63, 3.8) is 0 Å². The van der Waals surface area contributed by atoms with Gasteiger partial charge in [0.25, 0.3) is 0 Å². The SMILES string of the molecule is CCCOC(C)CCNC(=O)CCSSc1ccccn1. The van der Waals surface area contributed by atoms with Crippen molar-refractivity contribution in [2.45, 2.75) is 44.2 Å². The van der Waals surface area contributed by atoms with Crippen LogP contribution < -0.4 is 5.32 Å². The van der Waals surface area contributed by atoms with Crippen molar-refractivity contribution in [1.82, 2.24) is 10.3 Å². The van der Waals surface area contributed by atoms with Gasteiger partial charge in [0.2, 0.25) is 5.91 Å². The molecule has 118 valence electrons. The van der Waals surface area contributed by atoms with E-state index < -0.39 is 0 Å². The van der Waals surface area contributed by atoms with Crippen molar-refractivity contribution in [2.24, 2.45) is 0 Å². The van der Waals surface area contributed by atoms with E-state index >= 15 is 0 Å². The van der Waals surface area contributed by atoms with Gasteiger partial charge in [-0.3, -0.25) is 4.79 Å². The monoisotopic (exact) mass is 328 g/mol. The molecule has 1 atom stereocenters. The zero-order chi connectivity index (χ0) is 15.3. The van der Waals surface area contributed by atoms with E-state index in [1.807, 2.05) is 25.1 Å². The van der Waals surface area contributed by atoms with Crippen molar-refractivity contribution in [2.75, 3.05) is 18.9 Å². The van der Waals surface area contributed by atoms with Crippen LogP contribution in [0.2, 0.25) is 0 Å². The van der Waals surface area contributed by atoms with Crippen LogP contribution >= 0.6 is 21.6 Å². The minimum Gasteiger partial charge on any atom is -0.378 e. The molecule has 6 heteroatoms. The van der Waals surface area contributed by atoms with E-state index in [-0.39, 0.29) is 12.0 Å². The molecule has 1 aromatic rings. The second-order valence-electron chi connectivity index (χ2n) is 4.64. The standard InChI is InChI=1S/C15H24N2O2S2/c1-3-11-19-13(2)7-10-16-14(18)8-12-20-21-15-6-4-5-9-17-15/h4-6,9,13H,3,7-8,10-12H2,1-2H3,(H,16,18). The molecule has 1 amide bonds. The molecule has 0 radical (unpaired) electrons. The van der Waals surface area contributed by atoms with Gasteiger partial charge in [0.05, 0.1) is 6.10 Å². The molecule has 4 nitrogen and oxygen atoms in total. The maximum Gasteiger partial charge on any atom is 0.220 e. The van der Waals surface area contributed by atoms with Gasteiger partial charge < -0.3 is 10.1 Å². The van der Waals surface area contributed by atoms with Gasteiger partial charge in [0.15, 0.2) is 0 Å². The molecule has 21 heavy (non-hydrogen) atoms. The Labute approximate surface area is 135 Å². The summed E-state index contributed by atoms with van der Waals surface area (Å²) in [4.78, 5) is 15.9. The Morgan fingerprint density at radius 2 is 2.33 bits per heavy atom. The Kier molecular flexibility index (Phi) is 10.4.